The van der Waals surface area contributed by atoms with E-state index in [2.05, 4.69) is 120 Å². The van der Waals surface area contributed by atoms with Gasteiger partial charge in [0.1, 0.15) is 11.9 Å². The molecule has 21 unspecified atom stereocenters. The highest BCUT2D eigenvalue weighted by atomic mass is 33.1. The van der Waals surface area contributed by atoms with Crippen molar-refractivity contribution in [3.05, 3.63) is 177 Å². The third-order valence-corrected chi connectivity index (χ3v) is 27.9. The summed E-state index contributed by atoms with van der Waals surface area (Å²) in [5.74, 6) is 8.33. The minimum absolute atomic E-state index is 0.00240. The van der Waals surface area contributed by atoms with Crippen molar-refractivity contribution in [2.45, 2.75) is 158 Å². The van der Waals surface area contributed by atoms with Gasteiger partial charge in [-0.15, -0.1) is 0 Å². The Morgan fingerprint density at radius 3 is 2.42 bits per heavy atom. The normalized spacial score (nSPS) is 37.0. The Balaban J connectivity index is 0.925. The van der Waals surface area contributed by atoms with Gasteiger partial charge in [-0.2, -0.15) is 0 Å². The number of methoxy groups -OCH3 is 1. The first-order chi connectivity index (χ1) is 47.2. The van der Waals surface area contributed by atoms with Crippen molar-refractivity contribution in [3.8, 4) is 23.3 Å². The van der Waals surface area contributed by atoms with Crippen LogP contribution in [0.25, 0.3) is 0 Å². The number of ether oxygens (including phenoxy) is 3. The summed E-state index contributed by atoms with van der Waals surface area (Å²) < 4.78 is 19.6. The fourth-order valence-electron chi connectivity index (χ4n) is 21.3. The number of dihydropyridines is 1. The van der Waals surface area contributed by atoms with Gasteiger partial charge in [-0.25, -0.2) is 0 Å². The summed E-state index contributed by atoms with van der Waals surface area (Å²) in [6.07, 6.45) is 19.5. The lowest BCUT2D eigenvalue weighted by atomic mass is 9.35. The third-order valence-electron chi connectivity index (χ3n) is 25.5. The van der Waals surface area contributed by atoms with E-state index in [0.29, 0.717) is 86.8 Å². The van der Waals surface area contributed by atoms with Gasteiger partial charge >= 0.3 is 0 Å². The van der Waals surface area contributed by atoms with Gasteiger partial charge in [0.2, 0.25) is 0 Å². The lowest BCUT2D eigenvalue weighted by Crippen LogP contribution is -2.66. The van der Waals surface area contributed by atoms with Crippen LogP contribution in [0.2, 0.25) is 0 Å². The zero-order valence-electron chi connectivity index (χ0n) is 56.5. The van der Waals surface area contributed by atoms with Gasteiger partial charge in [-0.3, -0.25) is 0 Å². The van der Waals surface area contributed by atoms with Crippen LogP contribution in [-0.4, -0.2) is 134 Å². The number of nitrogens with one attached hydrogen (secondary N) is 2. The maximum Gasteiger partial charge on any atom is 0.175 e. The SMILES string of the molecule is CCC1Cc2cc(O)c(OC3CC(Cc4ccc[nH]4)C4=CCNC(N)=C4CSSCC(CO)C3O)cc2C2CC(O)C3C(C#CC45CC(c6ccccc6)C6Cc7ccccc7CC7C8CCCCC8C=CC7C6(C=C(CCCOC)C4C(O)CCC3OCC(O)O)C5CO)C=C12. The molecule has 14 nitrogen and oxygen atoms in total. The summed E-state index contributed by atoms with van der Waals surface area (Å²) in [4.78, 5) is 3.40. The van der Waals surface area contributed by atoms with Crippen LogP contribution in [0.1, 0.15) is 129 Å². The molecule has 520 valence electrons. The smallest absolute Gasteiger partial charge is 0.175 e. The molecule has 12 N–H and O–H groups in total. The predicted octanol–water partition coefficient (Wildman–Crippen LogP) is 11.0. The molecule has 16 heteroatoms. The minimum Gasteiger partial charge on any atom is -0.504 e. The molecule has 0 radical (unpaired) electrons. The van der Waals surface area contributed by atoms with Crippen LogP contribution in [0.4, 0.5) is 0 Å². The van der Waals surface area contributed by atoms with Crippen LogP contribution in [-0.2, 0) is 35.2 Å². The fourth-order valence-corrected chi connectivity index (χ4v) is 23.8. The van der Waals surface area contributed by atoms with Crippen LogP contribution in [0.5, 0.6) is 11.5 Å². The molecule has 3 aromatic carbocycles. The Kier molecular flexibility index (Phi) is 21.1. The molecule has 2 spiro atoms. The Labute approximate surface area is 581 Å². The highest BCUT2D eigenvalue weighted by Crippen LogP contribution is 2.73. The quantitative estimate of drug-likeness (QED) is 0.0174. The largest absolute Gasteiger partial charge is 0.504 e. The van der Waals surface area contributed by atoms with E-state index >= 15 is 0 Å². The van der Waals surface area contributed by atoms with Crippen LogP contribution in [0.3, 0.4) is 0 Å². The summed E-state index contributed by atoms with van der Waals surface area (Å²) in [5, 5.41) is 101. The molecule has 2 bridgehead atoms. The molecular weight excluding hydrogens is 1260 g/mol. The van der Waals surface area contributed by atoms with Gasteiger partial charge in [0.15, 0.2) is 17.8 Å². The maximum atomic E-state index is 13.7. The van der Waals surface area contributed by atoms with Crippen molar-refractivity contribution < 1.29 is 55.1 Å². The van der Waals surface area contributed by atoms with E-state index in [1.54, 1.807) is 28.7 Å². The molecule has 97 heavy (non-hydrogen) atoms. The second-order valence-electron chi connectivity index (χ2n) is 30.4. The molecule has 1 saturated heterocycles. The lowest BCUT2D eigenvalue weighted by molar-refractivity contribution is -0.152. The second-order valence-corrected chi connectivity index (χ2v) is 32.9. The number of fused-ring (bicyclic) bond motifs is 9. The number of hydrogen-bond donors (Lipinski definition) is 11. The second kappa shape index (κ2) is 29.7. The Morgan fingerprint density at radius 2 is 1.65 bits per heavy atom. The molecule has 2 saturated carbocycles. The van der Waals surface area contributed by atoms with Gasteiger partial charge in [0.05, 0.1) is 31.0 Å². The number of allylic oxidation sites excluding steroid dienone is 6. The Morgan fingerprint density at radius 1 is 0.835 bits per heavy atom. The number of aromatic nitrogens is 1. The van der Waals surface area contributed by atoms with Gasteiger partial charge in [0, 0.05) is 109 Å². The van der Waals surface area contributed by atoms with Crippen LogP contribution in [0.15, 0.2) is 144 Å². The maximum absolute atomic E-state index is 13.7. The van der Waals surface area contributed by atoms with Crippen LogP contribution >= 0.6 is 21.6 Å². The fraction of sp³-hybridized carbons (Fsp3) is 0.580. The number of H-pyrrole nitrogens is 1. The number of phenols is 1. The molecule has 10 aliphatic rings. The number of hydrogen-bond acceptors (Lipinski definition) is 15. The van der Waals surface area contributed by atoms with Crippen molar-refractivity contribution in [1.82, 2.24) is 10.3 Å². The van der Waals surface area contributed by atoms with Crippen molar-refractivity contribution in [1.29, 1.82) is 0 Å². The van der Waals surface area contributed by atoms with Crippen LogP contribution < -0.4 is 15.8 Å². The first-order valence-corrected chi connectivity index (χ1v) is 39.0. The van der Waals surface area contributed by atoms with E-state index in [0.717, 1.165) is 59.2 Å². The molecule has 1 aromatic heterocycles. The molecule has 4 aromatic rings. The van der Waals surface area contributed by atoms with Gasteiger partial charge in [-0.05, 0) is 195 Å². The van der Waals surface area contributed by atoms with Crippen molar-refractivity contribution >= 4 is 21.6 Å². The third kappa shape index (κ3) is 13.2. The van der Waals surface area contributed by atoms with Crippen molar-refractivity contribution in [2.24, 2.45) is 87.6 Å². The zero-order chi connectivity index (χ0) is 67.1. The topological polar surface area (TPSA) is 243 Å². The highest BCUT2D eigenvalue weighted by Gasteiger charge is 2.69. The molecule has 2 aliphatic heterocycles. The number of aliphatic hydroxyl groups excluding tert-OH is 6. The first kappa shape index (κ1) is 68.9. The molecular formula is C81H103N3O11S2. The van der Waals surface area contributed by atoms with E-state index < -0.39 is 77.9 Å². The van der Waals surface area contributed by atoms with Gasteiger partial charge in [0.25, 0.3) is 0 Å². The number of benzene rings is 3. The van der Waals surface area contributed by atoms with E-state index in [9.17, 15) is 40.9 Å². The molecule has 3 heterocycles. The lowest BCUT2D eigenvalue weighted by Gasteiger charge is -2.68. The highest BCUT2D eigenvalue weighted by molar-refractivity contribution is 8.76. The van der Waals surface area contributed by atoms with Crippen LogP contribution in [0, 0.1) is 93.7 Å². The van der Waals surface area contributed by atoms with Gasteiger partial charge < -0.3 is 71.1 Å². The summed E-state index contributed by atoms with van der Waals surface area (Å²) >= 11 is 0. The molecule has 0 amide bonds. The van der Waals surface area contributed by atoms with Gasteiger partial charge in [-0.1, -0.05) is 149 Å². The summed E-state index contributed by atoms with van der Waals surface area (Å²) in [6, 6.07) is 28.0. The Bertz CT molecular complexity index is 3640. The number of aromatic amines is 1. The average Bonchev–Trinajstić information content (AvgIpc) is 1.16. The molecule has 8 aliphatic carbocycles. The summed E-state index contributed by atoms with van der Waals surface area (Å²) in [6.45, 7) is 2.51. The molecule has 14 rings (SSSR count). The summed E-state index contributed by atoms with van der Waals surface area (Å²) in [5.41, 5.74) is 16.5. The number of rotatable bonds is 15. The Hall–Kier alpha value is -5.26. The van der Waals surface area contributed by atoms with Crippen molar-refractivity contribution in [2.75, 3.05) is 51.6 Å². The minimum atomic E-state index is -1.78. The number of nitrogens with two attached hydrogens (primary N) is 1. The zero-order valence-corrected chi connectivity index (χ0v) is 58.1. The number of phenolic OH excluding ortho intramolecular Hbond substituents is 1. The van der Waals surface area contributed by atoms with E-state index in [1.165, 1.54) is 47.9 Å². The van der Waals surface area contributed by atoms with Crippen molar-refractivity contribution in [3.63, 3.8) is 0 Å². The molecule has 21 atom stereocenters. The molecule has 3 fully saturated rings. The van der Waals surface area contributed by atoms with E-state index in [4.69, 9.17) is 19.9 Å². The number of aromatic hydroxyl groups is 1. The first-order valence-electron chi connectivity index (χ1n) is 36.6. The summed E-state index contributed by atoms with van der Waals surface area (Å²) in [7, 11) is 4.99. The number of aliphatic hydroxyl groups is 7. The average molecular weight is 1360 g/mol. The standard InChI is InChI=1S/C81H103N3O11S2/c1-3-47-31-54-36-69(88)72(95-73-37-55(32-57-19-11-28-83-57)59-26-29-84-79(82)65(59)46-97-96-45-56(42-85)78(73)92)39-61(54)62-38-70(89)76-52(34-60(47)62)25-27-80-41-64(48-13-5-4-6-14-48)67-35-51-17-8-7-16-50(51)33-63-58-20-10-9-15-49(58)21-22-66(63)81(67,74(80)43-86)40-53(18-12-30-93-2)77(80)68(87)23-24-71(76)94-44-75(90)91/h4-8,11,13-14,16-17,19,21-22,26,28,34,36,39-40,47,49,52,55-56,58,62-64,66-68,70-71,73-78,83-92H,3,9-10,12,15,18,20,23-24,29-33,35,37-38,41-46,82H2,1-2H3. The predicted molar refractivity (Wildman–Crippen MR) is 382 cm³/mol. The van der Waals surface area contributed by atoms with E-state index in [1.807, 2.05) is 24.4 Å². The van der Waals surface area contributed by atoms with E-state index in [-0.39, 0.29) is 79.0 Å². The monoisotopic (exact) mass is 1360 g/mol.